The summed E-state index contributed by atoms with van der Waals surface area (Å²) in [6, 6.07) is 3.76. The zero-order valence-electron chi connectivity index (χ0n) is 8.40. The van der Waals surface area contributed by atoms with Crippen LogP contribution in [0, 0.1) is 5.92 Å². The highest BCUT2D eigenvalue weighted by Crippen LogP contribution is 2.37. The highest BCUT2D eigenvalue weighted by molar-refractivity contribution is 5.32. The summed E-state index contributed by atoms with van der Waals surface area (Å²) in [5.74, 6) is 1.47. The molecule has 0 amide bonds. The number of nitrogens with two attached hydrogens (primary N) is 1. The van der Waals surface area contributed by atoms with Gasteiger partial charge in [-0.2, -0.15) is 5.10 Å². The lowest BCUT2D eigenvalue weighted by Crippen LogP contribution is -2.45. The van der Waals surface area contributed by atoms with Crippen LogP contribution in [-0.2, 0) is 0 Å². The molecular weight excluding hydrogens is 176 g/mol. The summed E-state index contributed by atoms with van der Waals surface area (Å²) in [6.07, 6.45) is 4.18. The first-order chi connectivity index (χ1) is 6.68. The van der Waals surface area contributed by atoms with Gasteiger partial charge in [-0.15, -0.1) is 5.10 Å². The van der Waals surface area contributed by atoms with Gasteiger partial charge in [0.2, 0.25) is 0 Å². The van der Waals surface area contributed by atoms with Gasteiger partial charge in [0, 0.05) is 18.3 Å². The fourth-order valence-electron chi connectivity index (χ4n) is 1.56. The van der Waals surface area contributed by atoms with Crippen LogP contribution in [0.25, 0.3) is 0 Å². The maximum Gasteiger partial charge on any atom is 0.148 e. The van der Waals surface area contributed by atoms with Crippen LogP contribution in [0.3, 0.4) is 0 Å². The first kappa shape index (κ1) is 9.40. The molecule has 1 unspecified atom stereocenters. The summed E-state index contributed by atoms with van der Waals surface area (Å²) >= 11 is 0. The van der Waals surface area contributed by atoms with Crippen molar-refractivity contribution in [1.82, 2.24) is 10.2 Å². The van der Waals surface area contributed by atoms with Gasteiger partial charge in [0.05, 0.1) is 0 Å². The molecule has 4 nitrogen and oxygen atoms in total. The molecule has 1 aliphatic carbocycles. The Kier molecular flexibility index (Phi) is 2.37. The molecule has 2 rings (SSSR count). The van der Waals surface area contributed by atoms with Crippen LogP contribution in [0.15, 0.2) is 18.3 Å². The van der Waals surface area contributed by atoms with E-state index in [1.54, 1.807) is 6.20 Å². The molecule has 0 bridgehead atoms. The number of nitrogens with zero attached hydrogens (tertiary/aromatic N) is 2. The van der Waals surface area contributed by atoms with Gasteiger partial charge in [-0.05, 0) is 37.8 Å². The third-order valence-corrected chi connectivity index (χ3v) is 2.73. The van der Waals surface area contributed by atoms with E-state index in [4.69, 9.17) is 5.73 Å². The molecule has 0 aliphatic heterocycles. The molecule has 0 saturated heterocycles. The monoisotopic (exact) mass is 192 g/mol. The Balaban J connectivity index is 1.87. The van der Waals surface area contributed by atoms with E-state index in [9.17, 15) is 0 Å². The molecule has 0 aromatic carbocycles. The van der Waals surface area contributed by atoms with Gasteiger partial charge in [0.1, 0.15) is 5.82 Å². The number of hydrogen-bond donors (Lipinski definition) is 2. The third-order valence-electron chi connectivity index (χ3n) is 2.73. The Hall–Kier alpha value is -1.16. The smallest absolute Gasteiger partial charge is 0.148 e. The van der Waals surface area contributed by atoms with Crippen LogP contribution in [-0.4, -0.2) is 22.3 Å². The molecule has 4 heteroatoms. The standard InChI is InChI=1S/C10H16N4/c1-10(11,8-4-5-8)7-12-9-3-2-6-13-14-9/h2-3,6,8H,4-5,7,11H2,1H3,(H,12,14). The van der Waals surface area contributed by atoms with Crippen molar-refractivity contribution in [1.29, 1.82) is 0 Å². The Morgan fingerprint density at radius 1 is 1.64 bits per heavy atom. The summed E-state index contributed by atoms with van der Waals surface area (Å²) in [4.78, 5) is 0. The second-order valence-electron chi connectivity index (χ2n) is 4.24. The Labute approximate surface area is 83.9 Å². The molecule has 76 valence electrons. The number of rotatable bonds is 4. The van der Waals surface area contributed by atoms with E-state index < -0.39 is 0 Å². The number of anilines is 1. The second kappa shape index (κ2) is 3.53. The van der Waals surface area contributed by atoms with E-state index in [-0.39, 0.29) is 5.54 Å². The van der Waals surface area contributed by atoms with E-state index in [2.05, 4.69) is 22.4 Å². The highest BCUT2D eigenvalue weighted by atomic mass is 15.2. The lowest BCUT2D eigenvalue weighted by molar-refractivity contribution is 0.431. The molecule has 3 N–H and O–H groups in total. The largest absolute Gasteiger partial charge is 0.367 e. The van der Waals surface area contributed by atoms with Gasteiger partial charge < -0.3 is 11.1 Å². The van der Waals surface area contributed by atoms with Gasteiger partial charge >= 0.3 is 0 Å². The molecule has 0 radical (unpaired) electrons. The molecule has 1 heterocycles. The minimum atomic E-state index is -0.114. The van der Waals surface area contributed by atoms with Gasteiger partial charge in [-0.25, -0.2) is 0 Å². The average Bonchev–Trinajstić information content (AvgIpc) is 3.00. The van der Waals surface area contributed by atoms with Crippen molar-refractivity contribution in [3.8, 4) is 0 Å². The summed E-state index contributed by atoms with van der Waals surface area (Å²) < 4.78 is 0. The van der Waals surface area contributed by atoms with Crippen LogP contribution in [0.4, 0.5) is 5.82 Å². The molecular formula is C10H16N4. The highest BCUT2D eigenvalue weighted by Gasteiger charge is 2.38. The zero-order valence-corrected chi connectivity index (χ0v) is 8.40. The van der Waals surface area contributed by atoms with E-state index in [1.807, 2.05) is 12.1 Å². The van der Waals surface area contributed by atoms with Crippen molar-refractivity contribution in [2.24, 2.45) is 11.7 Å². The van der Waals surface area contributed by atoms with E-state index in [0.29, 0.717) is 5.92 Å². The van der Waals surface area contributed by atoms with Gasteiger partial charge in [0.15, 0.2) is 0 Å². The van der Waals surface area contributed by atoms with Crippen molar-refractivity contribution in [3.63, 3.8) is 0 Å². The first-order valence-corrected chi connectivity index (χ1v) is 4.99. The van der Waals surface area contributed by atoms with Crippen molar-refractivity contribution < 1.29 is 0 Å². The summed E-state index contributed by atoms with van der Waals surface area (Å²) in [5.41, 5.74) is 6.05. The minimum absolute atomic E-state index is 0.114. The molecule has 0 spiro atoms. The minimum Gasteiger partial charge on any atom is -0.367 e. The lowest BCUT2D eigenvalue weighted by atomic mass is 9.97. The number of nitrogens with one attached hydrogen (secondary N) is 1. The maximum atomic E-state index is 6.16. The SMILES string of the molecule is CC(N)(CNc1cccnn1)C1CC1. The molecule has 1 fully saturated rings. The number of aromatic nitrogens is 2. The van der Waals surface area contributed by atoms with Crippen molar-refractivity contribution >= 4 is 5.82 Å². The summed E-state index contributed by atoms with van der Waals surface area (Å²) in [5, 5.41) is 10.9. The fraction of sp³-hybridized carbons (Fsp3) is 0.600. The Morgan fingerprint density at radius 3 is 3.00 bits per heavy atom. The fourth-order valence-corrected chi connectivity index (χ4v) is 1.56. The van der Waals surface area contributed by atoms with E-state index in [1.165, 1.54) is 12.8 Å². The van der Waals surface area contributed by atoms with Crippen molar-refractivity contribution in [2.45, 2.75) is 25.3 Å². The maximum absolute atomic E-state index is 6.16. The topological polar surface area (TPSA) is 63.8 Å². The molecule has 14 heavy (non-hydrogen) atoms. The molecule has 1 atom stereocenters. The van der Waals surface area contributed by atoms with Gasteiger partial charge in [0.25, 0.3) is 0 Å². The molecule has 1 saturated carbocycles. The summed E-state index contributed by atoms with van der Waals surface area (Å²) in [7, 11) is 0. The average molecular weight is 192 g/mol. The van der Waals surface area contributed by atoms with Crippen molar-refractivity contribution in [3.05, 3.63) is 18.3 Å². The zero-order chi connectivity index (χ0) is 10.0. The molecule has 1 aliphatic rings. The predicted octanol–water partition coefficient (Wildman–Crippen LogP) is 1.02. The quantitative estimate of drug-likeness (QED) is 0.747. The van der Waals surface area contributed by atoms with Gasteiger partial charge in [-0.3, -0.25) is 0 Å². The van der Waals surface area contributed by atoms with Crippen LogP contribution in [0.5, 0.6) is 0 Å². The first-order valence-electron chi connectivity index (χ1n) is 4.99. The molecule has 1 aromatic heterocycles. The lowest BCUT2D eigenvalue weighted by Gasteiger charge is -2.24. The van der Waals surface area contributed by atoms with Crippen LogP contribution in [0.2, 0.25) is 0 Å². The Morgan fingerprint density at radius 2 is 2.43 bits per heavy atom. The summed E-state index contributed by atoms with van der Waals surface area (Å²) in [6.45, 7) is 2.85. The van der Waals surface area contributed by atoms with Crippen LogP contribution < -0.4 is 11.1 Å². The van der Waals surface area contributed by atoms with Gasteiger partial charge in [-0.1, -0.05) is 0 Å². The van der Waals surface area contributed by atoms with E-state index >= 15 is 0 Å². The van der Waals surface area contributed by atoms with Crippen molar-refractivity contribution in [2.75, 3.05) is 11.9 Å². The third kappa shape index (κ3) is 2.20. The second-order valence-corrected chi connectivity index (χ2v) is 4.24. The normalized spacial score (nSPS) is 20.1. The molecule has 1 aromatic rings. The number of hydrogen-bond acceptors (Lipinski definition) is 4. The van der Waals surface area contributed by atoms with E-state index in [0.717, 1.165) is 12.4 Å². The van der Waals surface area contributed by atoms with Crippen LogP contribution in [0.1, 0.15) is 19.8 Å². The Bertz CT molecular complexity index is 292. The van der Waals surface area contributed by atoms with Crippen LogP contribution >= 0.6 is 0 Å². The predicted molar refractivity (Wildman–Crippen MR) is 55.8 cm³/mol.